The van der Waals surface area contributed by atoms with Gasteiger partial charge in [0.2, 0.25) is 0 Å². The number of hydrogen-bond acceptors (Lipinski definition) is 4. The van der Waals surface area contributed by atoms with Crippen molar-refractivity contribution in [2.45, 2.75) is 31.5 Å². The zero-order valence-electron chi connectivity index (χ0n) is 15.8. The first-order valence-electron chi connectivity index (χ1n) is 9.63. The monoisotopic (exact) mass is 471 g/mol. The first-order chi connectivity index (χ1) is 14.1. The number of likely N-dealkylation sites (tertiary alicyclic amines) is 1. The van der Waals surface area contributed by atoms with Gasteiger partial charge in [-0.05, 0) is 52.5 Å². The highest BCUT2D eigenvalue weighted by Crippen LogP contribution is 2.42. The minimum Gasteiger partial charge on any atom is -0.489 e. The molecule has 0 amide bonds. The number of rotatable bonds is 7. The second-order valence-corrected chi connectivity index (χ2v) is 9.59. The third-order valence-electron chi connectivity index (χ3n) is 5.23. The molecule has 0 bridgehead atoms. The number of aliphatic carboxylic acids is 1. The predicted octanol–water partition coefficient (Wildman–Crippen LogP) is 5.73. The maximum Gasteiger partial charge on any atom is 0.320 e. The molecule has 1 N–H and O–H groups in total. The van der Waals surface area contributed by atoms with Crippen molar-refractivity contribution in [1.82, 2.24) is 4.90 Å². The fourth-order valence-corrected chi connectivity index (χ4v) is 5.47. The van der Waals surface area contributed by atoms with E-state index in [1.54, 1.807) is 11.3 Å². The highest BCUT2D eigenvalue weighted by atomic mass is 79.9. The molecule has 1 fully saturated rings. The lowest BCUT2D eigenvalue weighted by molar-refractivity contribution is -0.142. The van der Waals surface area contributed by atoms with Gasteiger partial charge in [0.25, 0.3) is 0 Å². The molecule has 1 aromatic heterocycles. The maximum atomic E-state index is 11.9. The molecule has 1 saturated heterocycles. The summed E-state index contributed by atoms with van der Waals surface area (Å²) >= 11 is 5.20. The minimum absolute atomic E-state index is 0.151. The van der Waals surface area contributed by atoms with Crippen molar-refractivity contribution in [1.29, 1.82) is 0 Å². The Bertz CT molecular complexity index is 975. The summed E-state index contributed by atoms with van der Waals surface area (Å²) in [4.78, 5) is 15.1. The molecule has 6 heteroatoms. The van der Waals surface area contributed by atoms with Crippen molar-refractivity contribution in [3.05, 3.63) is 86.5 Å². The molecule has 4 nitrogen and oxygen atoms in total. The third-order valence-corrected chi connectivity index (χ3v) is 6.90. The van der Waals surface area contributed by atoms with E-state index >= 15 is 0 Å². The van der Waals surface area contributed by atoms with Gasteiger partial charge in [0.15, 0.2) is 0 Å². The molecule has 0 radical (unpaired) electrons. The molecule has 0 aliphatic carbocycles. The molecular formula is C23H22BrNO3S. The van der Waals surface area contributed by atoms with E-state index in [0.29, 0.717) is 13.0 Å². The average Bonchev–Trinajstić information content (AvgIpc) is 3.38. The average molecular weight is 472 g/mol. The van der Waals surface area contributed by atoms with Gasteiger partial charge in [0.1, 0.15) is 18.4 Å². The summed E-state index contributed by atoms with van der Waals surface area (Å²) < 4.78 is 7.24. The number of halogens is 1. The normalized spacial score (nSPS) is 17.9. The molecular weight excluding hydrogens is 450 g/mol. The lowest BCUT2D eigenvalue weighted by atomic mass is 10.0. The van der Waals surface area contributed by atoms with Gasteiger partial charge in [-0.15, -0.1) is 11.3 Å². The van der Waals surface area contributed by atoms with Crippen LogP contribution >= 0.6 is 27.3 Å². The van der Waals surface area contributed by atoms with E-state index in [1.807, 2.05) is 54.6 Å². The van der Waals surface area contributed by atoms with Gasteiger partial charge in [-0.3, -0.25) is 9.69 Å². The topological polar surface area (TPSA) is 49.8 Å². The van der Waals surface area contributed by atoms with Gasteiger partial charge < -0.3 is 9.84 Å². The van der Waals surface area contributed by atoms with Crippen molar-refractivity contribution in [3.8, 4) is 5.75 Å². The van der Waals surface area contributed by atoms with Crippen LogP contribution in [0.15, 0.2) is 70.5 Å². The fourth-order valence-electron chi connectivity index (χ4n) is 3.91. The molecule has 4 rings (SSSR count). The smallest absolute Gasteiger partial charge is 0.320 e. The zero-order valence-corrected chi connectivity index (χ0v) is 18.2. The summed E-state index contributed by atoms with van der Waals surface area (Å²) in [6.07, 6.45) is 1.55. The zero-order chi connectivity index (χ0) is 20.2. The Labute approximate surface area is 182 Å². The van der Waals surface area contributed by atoms with Gasteiger partial charge in [-0.2, -0.15) is 0 Å². The summed E-state index contributed by atoms with van der Waals surface area (Å²) in [6.45, 7) is 1.23. The van der Waals surface area contributed by atoms with Crippen LogP contribution in [-0.4, -0.2) is 28.6 Å². The minimum atomic E-state index is -0.759. The molecule has 1 aliphatic rings. The van der Waals surface area contributed by atoms with E-state index in [9.17, 15) is 9.90 Å². The molecule has 2 atom stereocenters. The molecule has 29 heavy (non-hydrogen) atoms. The molecule has 2 aromatic carbocycles. The second kappa shape index (κ2) is 9.11. The van der Waals surface area contributed by atoms with E-state index < -0.39 is 12.0 Å². The Kier molecular flexibility index (Phi) is 6.33. The van der Waals surface area contributed by atoms with E-state index in [4.69, 9.17) is 4.74 Å². The quantitative estimate of drug-likeness (QED) is 0.477. The number of benzene rings is 2. The number of para-hydroxylation sites is 1. The van der Waals surface area contributed by atoms with Crippen LogP contribution in [0.25, 0.3) is 0 Å². The maximum absolute atomic E-state index is 11.9. The second-order valence-electron chi connectivity index (χ2n) is 7.09. The van der Waals surface area contributed by atoms with Gasteiger partial charge in [-0.25, -0.2) is 0 Å². The van der Waals surface area contributed by atoms with E-state index in [2.05, 4.69) is 33.0 Å². The van der Waals surface area contributed by atoms with Crippen LogP contribution in [0.1, 0.15) is 34.9 Å². The first-order valence-corrected chi connectivity index (χ1v) is 11.2. The summed E-state index contributed by atoms with van der Waals surface area (Å²) in [5.74, 6) is 0.0349. The largest absolute Gasteiger partial charge is 0.489 e. The van der Waals surface area contributed by atoms with Crippen LogP contribution in [0.2, 0.25) is 0 Å². The Hall–Kier alpha value is -2.15. The molecule has 1 aliphatic heterocycles. The van der Waals surface area contributed by atoms with E-state index in [-0.39, 0.29) is 6.04 Å². The Morgan fingerprint density at radius 2 is 1.90 bits per heavy atom. The predicted molar refractivity (Wildman–Crippen MR) is 118 cm³/mol. The molecule has 150 valence electrons. The summed E-state index contributed by atoms with van der Waals surface area (Å²) in [7, 11) is 0. The Balaban J connectivity index is 1.70. The van der Waals surface area contributed by atoms with Crippen LogP contribution in [0.3, 0.4) is 0 Å². The molecule has 2 heterocycles. The fraction of sp³-hybridized carbons (Fsp3) is 0.261. The number of carboxylic acids is 1. The molecule has 0 saturated carbocycles. The third kappa shape index (κ3) is 4.55. The molecule has 3 aromatic rings. The van der Waals surface area contributed by atoms with Crippen molar-refractivity contribution in [3.63, 3.8) is 0 Å². The van der Waals surface area contributed by atoms with Crippen LogP contribution in [0, 0.1) is 0 Å². The number of nitrogens with zero attached hydrogens (tertiary/aromatic N) is 1. The van der Waals surface area contributed by atoms with Crippen LogP contribution < -0.4 is 4.74 Å². The van der Waals surface area contributed by atoms with Crippen molar-refractivity contribution in [2.75, 3.05) is 6.54 Å². The molecule has 0 spiro atoms. The van der Waals surface area contributed by atoms with E-state index in [1.165, 1.54) is 0 Å². The lowest BCUT2D eigenvalue weighted by Crippen LogP contribution is -2.39. The van der Waals surface area contributed by atoms with Crippen molar-refractivity contribution < 1.29 is 14.6 Å². The lowest BCUT2D eigenvalue weighted by Gasteiger charge is -2.32. The van der Waals surface area contributed by atoms with Crippen LogP contribution in [-0.2, 0) is 11.4 Å². The Morgan fingerprint density at radius 3 is 2.62 bits per heavy atom. The summed E-state index contributed by atoms with van der Waals surface area (Å²) in [5, 5.41) is 9.77. The van der Waals surface area contributed by atoms with Gasteiger partial charge in [-0.1, -0.05) is 48.5 Å². The van der Waals surface area contributed by atoms with Crippen LogP contribution in [0.4, 0.5) is 0 Å². The van der Waals surface area contributed by atoms with Crippen LogP contribution in [0.5, 0.6) is 5.75 Å². The van der Waals surface area contributed by atoms with E-state index in [0.717, 1.165) is 38.5 Å². The molecule has 2 unspecified atom stereocenters. The number of hydrogen-bond donors (Lipinski definition) is 1. The number of carboxylic acid groups (broad SMARTS) is 1. The highest BCUT2D eigenvalue weighted by Gasteiger charge is 2.38. The first kappa shape index (κ1) is 20.1. The van der Waals surface area contributed by atoms with Gasteiger partial charge in [0, 0.05) is 17.0 Å². The van der Waals surface area contributed by atoms with Crippen molar-refractivity contribution >= 4 is 33.2 Å². The summed E-state index contributed by atoms with van der Waals surface area (Å²) in [6, 6.07) is 21.5. The Morgan fingerprint density at radius 1 is 1.14 bits per heavy atom. The highest BCUT2D eigenvalue weighted by molar-refractivity contribution is 9.11. The summed E-state index contributed by atoms with van der Waals surface area (Å²) in [5.41, 5.74) is 2.10. The van der Waals surface area contributed by atoms with Gasteiger partial charge >= 0.3 is 5.97 Å². The van der Waals surface area contributed by atoms with Crippen molar-refractivity contribution in [2.24, 2.45) is 0 Å². The number of ether oxygens (including phenoxy) is 1. The number of carbonyl (C=O) groups is 1. The van der Waals surface area contributed by atoms with Gasteiger partial charge in [0.05, 0.1) is 9.83 Å². The number of thiophene rings is 1. The SMILES string of the molecule is O=C(O)C1CCCN1C(c1ccc(Br)s1)c1ccccc1OCc1ccccc1. The standard InChI is InChI=1S/C23H22BrNO3S/c24-21-13-12-20(29-21)22(25-14-6-10-18(25)23(26)27)17-9-4-5-11-19(17)28-15-16-7-2-1-3-8-16/h1-5,7-9,11-13,18,22H,6,10,14-15H2,(H,26,27).